The Bertz CT molecular complexity index is 419. The van der Waals surface area contributed by atoms with Crippen molar-refractivity contribution >= 4 is 27.5 Å². The van der Waals surface area contributed by atoms with Crippen LogP contribution >= 0.6 is 27.5 Å². The molecule has 1 rings (SSSR count). The van der Waals surface area contributed by atoms with Crippen molar-refractivity contribution in [3.63, 3.8) is 0 Å². The van der Waals surface area contributed by atoms with E-state index in [0.29, 0.717) is 12.6 Å². The third kappa shape index (κ3) is 5.01. The van der Waals surface area contributed by atoms with E-state index in [0.717, 1.165) is 27.9 Å². The summed E-state index contributed by atoms with van der Waals surface area (Å²) in [6.07, 6.45) is 1.78. The number of ether oxygens (including phenoxy) is 1. The molecule has 0 amide bonds. The summed E-state index contributed by atoms with van der Waals surface area (Å²) in [5.74, 6) is 0.932. The van der Waals surface area contributed by atoms with Gasteiger partial charge in [-0.2, -0.15) is 0 Å². The topological polar surface area (TPSA) is 21.3 Å². The van der Waals surface area contributed by atoms with Crippen LogP contribution in [0.4, 0.5) is 0 Å². The molecule has 1 aromatic rings. The molecule has 0 saturated heterocycles. The quantitative estimate of drug-likeness (QED) is 0.834. The van der Waals surface area contributed by atoms with E-state index >= 15 is 0 Å². The van der Waals surface area contributed by atoms with Crippen molar-refractivity contribution in [2.24, 2.45) is 0 Å². The van der Waals surface area contributed by atoms with Crippen molar-refractivity contribution in [1.29, 1.82) is 0 Å². The van der Waals surface area contributed by atoms with Gasteiger partial charge in [-0.3, -0.25) is 0 Å². The van der Waals surface area contributed by atoms with E-state index in [4.69, 9.17) is 16.3 Å². The summed E-state index contributed by atoms with van der Waals surface area (Å²) in [4.78, 5) is 0. The number of rotatable bonds is 6. The standard InChI is InChI=1S/C14H19BrClNO/c1-10(2)17-9-12-8-13(15)7-11(3)14(12)18-6-4-5-16/h4-5,7-8,10,17H,6,9H2,1-3H3/b5-4+. The maximum absolute atomic E-state index is 5.76. The molecule has 0 aliphatic heterocycles. The van der Waals surface area contributed by atoms with Gasteiger partial charge in [0, 0.05) is 28.2 Å². The largest absolute Gasteiger partial charge is 0.489 e. The lowest BCUT2D eigenvalue weighted by Gasteiger charge is -2.16. The molecule has 0 unspecified atom stereocenters. The van der Waals surface area contributed by atoms with Crippen LogP contribution in [0.5, 0.6) is 5.75 Å². The van der Waals surface area contributed by atoms with E-state index in [1.165, 1.54) is 5.54 Å². The highest BCUT2D eigenvalue weighted by atomic mass is 79.9. The number of hydrogen-bond acceptors (Lipinski definition) is 2. The fourth-order valence-electron chi connectivity index (χ4n) is 1.62. The van der Waals surface area contributed by atoms with Crippen LogP contribution in [0, 0.1) is 6.92 Å². The van der Waals surface area contributed by atoms with Crippen LogP contribution in [0.15, 0.2) is 28.2 Å². The first kappa shape index (κ1) is 15.5. The molecule has 0 heterocycles. The Morgan fingerprint density at radius 1 is 1.44 bits per heavy atom. The molecule has 0 aliphatic carbocycles. The highest BCUT2D eigenvalue weighted by Crippen LogP contribution is 2.28. The van der Waals surface area contributed by atoms with Crippen molar-refractivity contribution in [2.45, 2.75) is 33.4 Å². The molecular formula is C14H19BrClNO. The van der Waals surface area contributed by atoms with E-state index in [1.54, 1.807) is 6.08 Å². The molecule has 0 fully saturated rings. The molecule has 0 aliphatic rings. The fourth-order valence-corrected chi connectivity index (χ4v) is 2.31. The highest BCUT2D eigenvalue weighted by molar-refractivity contribution is 9.10. The normalized spacial score (nSPS) is 11.4. The minimum absolute atomic E-state index is 0.444. The average molecular weight is 333 g/mol. The average Bonchev–Trinajstić information content (AvgIpc) is 2.29. The SMILES string of the molecule is Cc1cc(Br)cc(CNC(C)C)c1OC/C=C/Cl. The van der Waals surface area contributed by atoms with Crippen molar-refractivity contribution < 1.29 is 4.74 Å². The second-order valence-corrected chi connectivity index (χ2v) is 5.59. The second-order valence-electron chi connectivity index (χ2n) is 4.42. The van der Waals surface area contributed by atoms with Crippen molar-refractivity contribution in [3.8, 4) is 5.75 Å². The zero-order chi connectivity index (χ0) is 13.5. The number of nitrogens with one attached hydrogen (secondary N) is 1. The van der Waals surface area contributed by atoms with Crippen molar-refractivity contribution in [3.05, 3.63) is 39.3 Å². The smallest absolute Gasteiger partial charge is 0.127 e. The number of aryl methyl sites for hydroxylation is 1. The first-order valence-corrected chi connectivity index (χ1v) is 7.18. The number of hydrogen-bond donors (Lipinski definition) is 1. The summed E-state index contributed by atoms with van der Waals surface area (Å²) in [6.45, 7) is 7.57. The molecule has 4 heteroatoms. The Morgan fingerprint density at radius 2 is 2.17 bits per heavy atom. The molecule has 0 spiro atoms. The zero-order valence-corrected chi connectivity index (χ0v) is 13.3. The van der Waals surface area contributed by atoms with Gasteiger partial charge < -0.3 is 10.1 Å². The third-order valence-corrected chi connectivity index (χ3v) is 3.07. The summed E-state index contributed by atoms with van der Waals surface area (Å²) in [5, 5.41) is 3.40. The third-order valence-electron chi connectivity index (χ3n) is 2.43. The summed E-state index contributed by atoms with van der Waals surface area (Å²) in [6, 6.07) is 4.58. The van der Waals surface area contributed by atoms with Gasteiger partial charge in [0.2, 0.25) is 0 Å². The van der Waals surface area contributed by atoms with E-state index in [1.807, 2.05) is 6.92 Å². The molecule has 0 aromatic heterocycles. The Morgan fingerprint density at radius 3 is 2.78 bits per heavy atom. The molecule has 0 bridgehead atoms. The van der Waals surface area contributed by atoms with Gasteiger partial charge >= 0.3 is 0 Å². The molecular weight excluding hydrogens is 314 g/mol. The lowest BCUT2D eigenvalue weighted by Crippen LogP contribution is -2.22. The Balaban J connectivity index is 2.89. The monoisotopic (exact) mass is 331 g/mol. The minimum Gasteiger partial charge on any atom is -0.489 e. The molecule has 0 atom stereocenters. The van der Waals surface area contributed by atoms with Crippen molar-refractivity contribution in [1.82, 2.24) is 5.32 Å². The summed E-state index contributed by atoms with van der Waals surface area (Å²) >= 11 is 9.01. The summed E-state index contributed by atoms with van der Waals surface area (Å²) < 4.78 is 6.83. The van der Waals surface area contributed by atoms with Gasteiger partial charge in [-0.05, 0) is 30.7 Å². The van der Waals surface area contributed by atoms with Gasteiger partial charge in [0.05, 0.1) is 0 Å². The summed E-state index contributed by atoms with van der Waals surface area (Å²) in [5.41, 5.74) is 3.74. The summed E-state index contributed by atoms with van der Waals surface area (Å²) in [7, 11) is 0. The first-order chi connectivity index (χ1) is 8.54. The van der Waals surface area contributed by atoms with Gasteiger partial charge in [-0.1, -0.05) is 41.4 Å². The van der Waals surface area contributed by atoms with Gasteiger partial charge in [-0.15, -0.1) is 0 Å². The van der Waals surface area contributed by atoms with Crippen LogP contribution in [0.3, 0.4) is 0 Å². The van der Waals surface area contributed by atoms with Gasteiger partial charge in [0.25, 0.3) is 0 Å². The van der Waals surface area contributed by atoms with Crippen LogP contribution in [0.25, 0.3) is 0 Å². The van der Waals surface area contributed by atoms with E-state index in [-0.39, 0.29) is 0 Å². The van der Waals surface area contributed by atoms with Crippen LogP contribution in [0.1, 0.15) is 25.0 Å². The molecule has 100 valence electrons. The number of benzene rings is 1. The van der Waals surface area contributed by atoms with Crippen LogP contribution in [-0.4, -0.2) is 12.6 Å². The molecule has 18 heavy (non-hydrogen) atoms. The van der Waals surface area contributed by atoms with E-state index < -0.39 is 0 Å². The zero-order valence-electron chi connectivity index (χ0n) is 11.0. The molecule has 1 aromatic carbocycles. The van der Waals surface area contributed by atoms with Gasteiger partial charge in [0.1, 0.15) is 12.4 Å². The maximum atomic E-state index is 5.76. The predicted octanol–water partition coefficient (Wildman–Crippen LogP) is 4.39. The maximum Gasteiger partial charge on any atom is 0.127 e. The minimum atomic E-state index is 0.444. The predicted molar refractivity (Wildman–Crippen MR) is 81.3 cm³/mol. The van der Waals surface area contributed by atoms with Gasteiger partial charge in [0.15, 0.2) is 0 Å². The lowest BCUT2D eigenvalue weighted by molar-refractivity contribution is 0.354. The van der Waals surface area contributed by atoms with Crippen LogP contribution in [-0.2, 0) is 6.54 Å². The van der Waals surface area contributed by atoms with Gasteiger partial charge in [-0.25, -0.2) is 0 Å². The first-order valence-electron chi connectivity index (χ1n) is 5.95. The highest BCUT2D eigenvalue weighted by Gasteiger charge is 2.09. The Kier molecular flexibility index (Phi) is 6.76. The molecule has 0 saturated carbocycles. The van der Waals surface area contributed by atoms with Crippen molar-refractivity contribution in [2.75, 3.05) is 6.61 Å². The van der Waals surface area contributed by atoms with Crippen LogP contribution < -0.4 is 10.1 Å². The number of halogens is 2. The fraction of sp³-hybridized carbons (Fsp3) is 0.429. The molecule has 1 N–H and O–H groups in total. The van der Waals surface area contributed by atoms with E-state index in [2.05, 4.69) is 47.2 Å². The van der Waals surface area contributed by atoms with E-state index in [9.17, 15) is 0 Å². The Labute approximate surface area is 122 Å². The second kappa shape index (κ2) is 7.82. The lowest BCUT2D eigenvalue weighted by atomic mass is 10.1. The van der Waals surface area contributed by atoms with Crippen LogP contribution in [0.2, 0.25) is 0 Å². The Hall–Kier alpha value is -0.510. The molecule has 0 radical (unpaired) electrons. The molecule has 2 nitrogen and oxygen atoms in total.